The quantitative estimate of drug-likeness (QED) is 0.786. The van der Waals surface area contributed by atoms with E-state index in [0.29, 0.717) is 18.7 Å². The number of hydrogen-bond donors (Lipinski definition) is 1. The van der Waals surface area contributed by atoms with Crippen molar-refractivity contribution in [2.24, 2.45) is 0 Å². The first-order valence-electron chi connectivity index (χ1n) is 7.12. The molecule has 3 aromatic rings. The Morgan fingerprint density at radius 2 is 2.05 bits per heavy atom. The van der Waals surface area contributed by atoms with Crippen LogP contribution in [0.2, 0.25) is 0 Å². The summed E-state index contributed by atoms with van der Waals surface area (Å²) in [5.41, 5.74) is 2.39. The van der Waals surface area contributed by atoms with Gasteiger partial charge in [-0.2, -0.15) is 5.10 Å². The second kappa shape index (κ2) is 6.30. The number of nitrogens with zero attached hydrogens (tertiary/aromatic N) is 2. The van der Waals surface area contributed by atoms with Crippen LogP contribution in [0.4, 0.5) is 0 Å². The van der Waals surface area contributed by atoms with Gasteiger partial charge in [-0.3, -0.25) is 4.79 Å². The predicted molar refractivity (Wildman–Crippen MR) is 84.2 cm³/mol. The van der Waals surface area contributed by atoms with Crippen molar-refractivity contribution < 1.29 is 9.53 Å². The number of ether oxygens (including phenoxy) is 1. The van der Waals surface area contributed by atoms with E-state index in [2.05, 4.69) is 10.4 Å². The van der Waals surface area contributed by atoms with Crippen LogP contribution in [-0.2, 0) is 6.42 Å². The summed E-state index contributed by atoms with van der Waals surface area (Å²) in [5.74, 6) is 0.670. The fraction of sp³-hybridized carbons (Fsp3) is 0.176. The Balaban J connectivity index is 1.62. The number of rotatable bonds is 5. The van der Waals surface area contributed by atoms with Crippen LogP contribution in [0, 0.1) is 0 Å². The molecule has 1 aromatic carbocycles. The first-order valence-corrected chi connectivity index (χ1v) is 7.12. The molecule has 0 radical (unpaired) electrons. The molecule has 0 spiro atoms. The van der Waals surface area contributed by atoms with Gasteiger partial charge in [0.2, 0.25) is 0 Å². The lowest BCUT2D eigenvalue weighted by Crippen LogP contribution is -2.26. The summed E-state index contributed by atoms with van der Waals surface area (Å²) in [6.45, 7) is 0.535. The van der Waals surface area contributed by atoms with Crippen LogP contribution >= 0.6 is 0 Å². The molecule has 0 saturated heterocycles. The normalized spacial score (nSPS) is 10.6. The molecule has 0 atom stereocenters. The zero-order valence-electron chi connectivity index (χ0n) is 12.3. The standard InChI is InChI=1S/C17H17N3O2/c1-22-16-8-3-2-6-13(16)9-10-18-17(21)15-12-14-7-4-5-11-20(14)19-15/h2-8,11-12H,9-10H2,1H3,(H,18,21). The van der Waals surface area contributed by atoms with Crippen molar-refractivity contribution in [3.05, 3.63) is 66.0 Å². The highest BCUT2D eigenvalue weighted by Crippen LogP contribution is 2.17. The van der Waals surface area contributed by atoms with Gasteiger partial charge in [-0.25, -0.2) is 4.52 Å². The molecule has 0 saturated carbocycles. The molecule has 3 rings (SSSR count). The molecule has 0 aliphatic heterocycles. The second-order valence-electron chi connectivity index (χ2n) is 4.92. The highest BCUT2D eigenvalue weighted by Gasteiger charge is 2.10. The number of pyridine rings is 1. The van der Waals surface area contributed by atoms with E-state index in [9.17, 15) is 4.79 Å². The van der Waals surface area contributed by atoms with Crippen LogP contribution in [0.25, 0.3) is 5.52 Å². The lowest BCUT2D eigenvalue weighted by molar-refractivity contribution is 0.0948. The first-order chi connectivity index (χ1) is 10.8. The number of nitrogens with one attached hydrogen (secondary N) is 1. The van der Waals surface area contributed by atoms with Gasteiger partial charge < -0.3 is 10.1 Å². The molecule has 5 nitrogen and oxygen atoms in total. The number of hydrogen-bond acceptors (Lipinski definition) is 3. The van der Waals surface area contributed by atoms with Crippen molar-refractivity contribution in [1.29, 1.82) is 0 Å². The first kappa shape index (κ1) is 14.1. The average molecular weight is 295 g/mol. The maximum atomic E-state index is 12.1. The predicted octanol–water partition coefficient (Wildman–Crippen LogP) is 2.32. The van der Waals surface area contributed by atoms with Gasteiger partial charge >= 0.3 is 0 Å². The van der Waals surface area contributed by atoms with Crippen LogP contribution in [-0.4, -0.2) is 29.2 Å². The Labute approximate surface area is 128 Å². The maximum absolute atomic E-state index is 12.1. The van der Waals surface area contributed by atoms with Gasteiger partial charge in [-0.05, 0) is 36.2 Å². The molecule has 0 bridgehead atoms. The van der Waals surface area contributed by atoms with Gasteiger partial charge in [0.1, 0.15) is 5.75 Å². The summed E-state index contributed by atoms with van der Waals surface area (Å²) in [5, 5.41) is 7.14. The molecule has 0 unspecified atom stereocenters. The van der Waals surface area contributed by atoms with E-state index in [1.165, 1.54) is 0 Å². The van der Waals surface area contributed by atoms with E-state index in [0.717, 1.165) is 16.8 Å². The smallest absolute Gasteiger partial charge is 0.271 e. The van der Waals surface area contributed by atoms with Crippen LogP contribution in [0.3, 0.4) is 0 Å². The summed E-state index contributed by atoms with van der Waals surface area (Å²) in [6, 6.07) is 15.3. The molecule has 2 aromatic heterocycles. The number of methoxy groups -OCH3 is 1. The lowest BCUT2D eigenvalue weighted by Gasteiger charge is -2.08. The number of benzene rings is 1. The number of para-hydroxylation sites is 1. The van der Waals surface area contributed by atoms with Gasteiger partial charge in [0.05, 0.1) is 12.6 Å². The largest absolute Gasteiger partial charge is 0.496 e. The summed E-state index contributed by atoms with van der Waals surface area (Å²) >= 11 is 0. The van der Waals surface area contributed by atoms with Crippen molar-refractivity contribution in [2.45, 2.75) is 6.42 Å². The molecular formula is C17H17N3O2. The lowest BCUT2D eigenvalue weighted by atomic mass is 10.1. The monoisotopic (exact) mass is 295 g/mol. The van der Waals surface area contributed by atoms with Gasteiger partial charge in [0.25, 0.3) is 5.91 Å². The Morgan fingerprint density at radius 1 is 1.23 bits per heavy atom. The third kappa shape index (κ3) is 2.93. The van der Waals surface area contributed by atoms with Crippen LogP contribution < -0.4 is 10.1 Å². The van der Waals surface area contributed by atoms with Crippen molar-refractivity contribution >= 4 is 11.4 Å². The van der Waals surface area contributed by atoms with Crippen molar-refractivity contribution in [2.75, 3.05) is 13.7 Å². The van der Waals surface area contributed by atoms with Crippen LogP contribution in [0.15, 0.2) is 54.7 Å². The molecule has 0 aliphatic carbocycles. The second-order valence-corrected chi connectivity index (χ2v) is 4.92. The molecule has 0 aliphatic rings. The molecular weight excluding hydrogens is 278 g/mol. The Hall–Kier alpha value is -2.82. The fourth-order valence-electron chi connectivity index (χ4n) is 2.36. The summed E-state index contributed by atoms with van der Waals surface area (Å²) < 4.78 is 6.99. The van der Waals surface area contributed by atoms with Gasteiger partial charge in [0, 0.05) is 12.7 Å². The molecule has 0 fully saturated rings. The minimum Gasteiger partial charge on any atom is -0.496 e. The third-order valence-electron chi connectivity index (χ3n) is 3.48. The number of carbonyl (C=O) groups is 1. The highest BCUT2D eigenvalue weighted by atomic mass is 16.5. The number of fused-ring (bicyclic) bond motifs is 1. The van der Waals surface area contributed by atoms with E-state index in [1.807, 2.05) is 48.7 Å². The SMILES string of the molecule is COc1ccccc1CCNC(=O)c1cc2ccccn2n1. The molecule has 1 amide bonds. The van der Waals surface area contributed by atoms with Gasteiger partial charge in [-0.1, -0.05) is 24.3 Å². The topological polar surface area (TPSA) is 55.6 Å². The maximum Gasteiger partial charge on any atom is 0.271 e. The van der Waals surface area contributed by atoms with Crippen molar-refractivity contribution in [3.8, 4) is 5.75 Å². The molecule has 1 N–H and O–H groups in total. The van der Waals surface area contributed by atoms with Crippen molar-refractivity contribution in [3.63, 3.8) is 0 Å². The molecule has 5 heteroatoms. The summed E-state index contributed by atoms with van der Waals surface area (Å²) in [4.78, 5) is 12.1. The zero-order chi connectivity index (χ0) is 15.4. The van der Waals surface area contributed by atoms with Gasteiger partial charge in [-0.15, -0.1) is 0 Å². The Bertz CT molecular complexity index is 762. The molecule has 2 heterocycles. The average Bonchev–Trinajstić information content (AvgIpc) is 2.99. The van der Waals surface area contributed by atoms with E-state index in [1.54, 1.807) is 17.7 Å². The Kier molecular flexibility index (Phi) is 4.05. The fourth-order valence-corrected chi connectivity index (χ4v) is 2.36. The number of amides is 1. The highest BCUT2D eigenvalue weighted by molar-refractivity contribution is 5.93. The summed E-state index contributed by atoms with van der Waals surface area (Å²) in [6.07, 6.45) is 2.53. The number of carbonyl (C=O) groups excluding carboxylic acids is 1. The Morgan fingerprint density at radius 3 is 2.86 bits per heavy atom. The van der Waals surface area contributed by atoms with E-state index in [-0.39, 0.29) is 5.91 Å². The minimum absolute atomic E-state index is 0.168. The zero-order valence-corrected chi connectivity index (χ0v) is 12.3. The van der Waals surface area contributed by atoms with Crippen LogP contribution in [0.5, 0.6) is 5.75 Å². The number of aromatic nitrogens is 2. The minimum atomic E-state index is -0.168. The van der Waals surface area contributed by atoms with Crippen LogP contribution in [0.1, 0.15) is 16.1 Å². The van der Waals surface area contributed by atoms with Gasteiger partial charge in [0.15, 0.2) is 5.69 Å². The van der Waals surface area contributed by atoms with Crippen molar-refractivity contribution in [1.82, 2.24) is 14.9 Å². The van der Waals surface area contributed by atoms with E-state index < -0.39 is 0 Å². The molecule has 22 heavy (non-hydrogen) atoms. The third-order valence-corrected chi connectivity index (χ3v) is 3.48. The van der Waals surface area contributed by atoms with E-state index in [4.69, 9.17) is 4.74 Å². The molecule has 112 valence electrons. The van der Waals surface area contributed by atoms with E-state index >= 15 is 0 Å². The summed E-state index contributed by atoms with van der Waals surface area (Å²) in [7, 11) is 1.65.